The van der Waals surface area contributed by atoms with Gasteiger partial charge in [-0.2, -0.15) is 0 Å². The number of fused-ring (bicyclic) bond motifs is 1. The van der Waals surface area contributed by atoms with E-state index in [1.54, 1.807) is 29.3 Å². The van der Waals surface area contributed by atoms with Crippen LogP contribution < -0.4 is 15.0 Å². The molecule has 1 amide bonds. The van der Waals surface area contributed by atoms with Crippen LogP contribution in [0, 0.1) is 5.82 Å². The lowest BCUT2D eigenvalue weighted by Gasteiger charge is -2.31. The molecule has 1 fully saturated rings. The van der Waals surface area contributed by atoms with Gasteiger partial charge in [-0.15, -0.1) is 0 Å². The van der Waals surface area contributed by atoms with Crippen LogP contribution in [0.3, 0.4) is 0 Å². The van der Waals surface area contributed by atoms with E-state index in [4.69, 9.17) is 14.7 Å². The number of pyridine rings is 1. The molecule has 1 saturated carbocycles. The minimum absolute atomic E-state index is 0.00415. The molecule has 9 heteroatoms. The third-order valence-electron chi connectivity index (χ3n) is 6.10. The number of aromatic nitrogens is 3. The fourth-order valence-electron chi connectivity index (χ4n) is 4.33. The summed E-state index contributed by atoms with van der Waals surface area (Å²) < 4.78 is 19.4. The predicted octanol–water partition coefficient (Wildman–Crippen LogP) is 3.14. The second-order valence-corrected chi connectivity index (χ2v) is 8.81. The van der Waals surface area contributed by atoms with Crippen molar-refractivity contribution in [2.24, 2.45) is 0 Å². The van der Waals surface area contributed by atoms with Gasteiger partial charge in [0.05, 0.1) is 12.6 Å². The number of benzene rings is 1. The van der Waals surface area contributed by atoms with E-state index in [1.165, 1.54) is 12.1 Å². The molecule has 0 unspecified atom stereocenters. The summed E-state index contributed by atoms with van der Waals surface area (Å²) in [7, 11) is 1.81. The summed E-state index contributed by atoms with van der Waals surface area (Å²) >= 11 is 0. The van der Waals surface area contributed by atoms with Crippen LogP contribution in [0.1, 0.15) is 30.5 Å². The predicted molar refractivity (Wildman–Crippen MR) is 125 cm³/mol. The number of aliphatic hydroxyl groups is 1. The molecule has 2 aliphatic rings. The molecule has 2 heterocycles. The molecule has 0 radical (unpaired) electrons. The molecule has 0 spiro atoms. The standard InChI is InChI=1S/C25H26FN5O3/c1-31(14-23(33)28-16-5-2-4-15(26)10-16)25-20-6-3-7-21(20)29-24(30-25)22-13-18(8-9-27-22)34-19-11-17(32)12-19/h2,4-5,8-10,13,17,19,32H,3,6-7,11-12,14H2,1H3,(H,28,33)/t17-,19+. The number of aliphatic hydroxyl groups excluding tert-OH is 1. The molecule has 2 N–H and O–H groups in total. The maximum absolute atomic E-state index is 13.4. The van der Waals surface area contributed by atoms with Crippen molar-refractivity contribution in [3.63, 3.8) is 0 Å². The van der Waals surface area contributed by atoms with E-state index in [0.717, 1.165) is 30.5 Å². The number of likely N-dealkylation sites (N-methyl/N-ethyl adjacent to an activating group) is 1. The zero-order valence-electron chi connectivity index (χ0n) is 18.9. The van der Waals surface area contributed by atoms with Crippen molar-refractivity contribution in [1.29, 1.82) is 0 Å². The van der Waals surface area contributed by atoms with Crippen molar-refractivity contribution < 1.29 is 19.0 Å². The highest BCUT2D eigenvalue weighted by Gasteiger charge is 2.29. The summed E-state index contributed by atoms with van der Waals surface area (Å²) in [6, 6.07) is 9.40. The number of carbonyl (C=O) groups excluding carboxylic acids is 1. The first kappa shape index (κ1) is 22.2. The second-order valence-electron chi connectivity index (χ2n) is 8.81. The van der Waals surface area contributed by atoms with Crippen molar-refractivity contribution >= 4 is 17.4 Å². The van der Waals surface area contributed by atoms with Crippen LogP contribution in [-0.2, 0) is 17.6 Å². The number of anilines is 2. The molecule has 176 valence electrons. The van der Waals surface area contributed by atoms with Crippen LogP contribution in [0.4, 0.5) is 15.9 Å². The summed E-state index contributed by atoms with van der Waals surface area (Å²) in [6.45, 7) is 0.0555. The van der Waals surface area contributed by atoms with Gasteiger partial charge in [0.25, 0.3) is 0 Å². The van der Waals surface area contributed by atoms with Crippen LogP contribution in [0.5, 0.6) is 5.75 Å². The number of rotatable bonds is 7. The Hall–Kier alpha value is -3.59. The smallest absolute Gasteiger partial charge is 0.243 e. The highest BCUT2D eigenvalue weighted by Crippen LogP contribution is 2.32. The van der Waals surface area contributed by atoms with Crippen molar-refractivity contribution in [1.82, 2.24) is 15.0 Å². The Bertz CT molecular complexity index is 1210. The summed E-state index contributed by atoms with van der Waals surface area (Å²) in [5, 5.41) is 12.2. The van der Waals surface area contributed by atoms with Crippen LogP contribution >= 0.6 is 0 Å². The number of hydrogen-bond donors (Lipinski definition) is 2. The monoisotopic (exact) mass is 463 g/mol. The molecule has 5 rings (SSSR count). The normalized spacial score (nSPS) is 18.7. The molecular formula is C25H26FN5O3. The van der Waals surface area contributed by atoms with Crippen LogP contribution in [0.15, 0.2) is 42.6 Å². The minimum Gasteiger partial charge on any atom is -0.490 e. The summed E-state index contributed by atoms with van der Waals surface area (Å²) in [6.07, 6.45) is 5.29. The summed E-state index contributed by atoms with van der Waals surface area (Å²) in [5.74, 6) is 1.16. The largest absolute Gasteiger partial charge is 0.490 e. The fraction of sp³-hybridized carbons (Fsp3) is 0.360. The van der Waals surface area contributed by atoms with E-state index in [0.29, 0.717) is 41.6 Å². The second kappa shape index (κ2) is 9.34. The number of nitrogens with one attached hydrogen (secondary N) is 1. The van der Waals surface area contributed by atoms with E-state index in [1.807, 2.05) is 13.1 Å². The Morgan fingerprint density at radius 3 is 2.88 bits per heavy atom. The molecule has 2 aliphatic carbocycles. The quantitative estimate of drug-likeness (QED) is 0.555. The first-order chi connectivity index (χ1) is 16.4. The van der Waals surface area contributed by atoms with Gasteiger partial charge in [-0.1, -0.05) is 6.07 Å². The minimum atomic E-state index is -0.406. The zero-order chi connectivity index (χ0) is 23.7. The van der Waals surface area contributed by atoms with Crippen molar-refractivity contribution in [3.05, 3.63) is 59.7 Å². The van der Waals surface area contributed by atoms with Gasteiger partial charge in [0.2, 0.25) is 5.91 Å². The Morgan fingerprint density at radius 1 is 1.24 bits per heavy atom. The van der Waals surface area contributed by atoms with Gasteiger partial charge in [-0.25, -0.2) is 14.4 Å². The molecular weight excluding hydrogens is 437 g/mol. The van der Waals surface area contributed by atoms with Gasteiger partial charge in [-0.3, -0.25) is 9.78 Å². The maximum Gasteiger partial charge on any atom is 0.243 e. The molecule has 0 atom stereocenters. The number of carbonyl (C=O) groups is 1. The number of aryl methyl sites for hydroxylation is 1. The Labute approximate surface area is 196 Å². The number of hydrogen-bond acceptors (Lipinski definition) is 7. The Kier molecular flexibility index (Phi) is 6.10. The molecule has 0 bridgehead atoms. The first-order valence-electron chi connectivity index (χ1n) is 11.4. The third-order valence-corrected chi connectivity index (χ3v) is 6.10. The highest BCUT2D eigenvalue weighted by atomic mass is 19.1. The summed E-state index contributed by atoms with van der Waals surface area (Å²) in [5.41, 5.74) is 3.01. The van der Waals surface area contributed by atoms with Gasteiger partial charge in [-0.05, 0) is 43.5 Å². The van der Waals surface area contributed by atoms with Gasteiger partial charge in [0.1, 0.15) is 29.2 Å². The topological polar surface area (TPSA) is 100 Å². The first-order valence-corrected chi connectivity index (χ1v) is 11.4. The Balaban J connectivity index is 1.36. The molecule has 2 aromatic heterocycles. The lowest BCUT2D eigenvalue weighted by atomic mass is 9.92. The average Bonchev–Trinajstić information content (AvgIpc) is 3.26. The number of nitrogens with zero attached hydrogens (tertiary/aromatic N) is 4. The van der Waals surface area contributed by atoms with E-state index in [-0.39, 0.29) is 24.7 Å². The molecule has 3 aromatic rings. The molecule has 0 aliphatic heterocycles. The molecule has 8 nitrogen and oxygen atoms in total. The van der Waals surface area contributed by atoms with Crippen molar-refractivity contribution in [2.45, 2.75) is 44.3 Å². The zero-order valence-corrected chi connectivity index (χ0v) is 18.9. The lowest BCUT2D eigenvalue weighted by Crippen LogP contribution is -2.37. The molecule has 1 aromatic carbocycles. The van der Waals surface area contributed by atoms with Crippen LogP contribution in [0.25, 0.3) is 11.5 Å². The van der Waals surface area contributed by atoms with E-state index in [2.05, 4.69) is 10.3 Å². The van der Waals surface area contributed by atoms with Crippen LogP contribution in [-0.4, -0.2) is 51.8 Å². The van der Waals surface area contributed by atoms with E-state index in [9.17, 15) is 14.3 Å². The van der Waals surface area contributed by atoms with Gasteiger partial charge in [0.15, 0.2) is 5.82 Å². The number of amides is 1. The number of ether oxygens (including phenoxy) is 1. The fourth-order valence-corrected chi connectivity index (χ4v) is 4.33. The van der Waals surface area contributed by atoms with Crippen molar-refractivity contribution in [3.8, 4) is 17.3 Å². The maximum atomic E-state index is 13.4. The third kappa shape index (κ3) is 4.84. The molecule has 34 heavy (non-hydrogen) atoms. The average molecular weight is 464 g/mol. The van der Waals surface area contributed by atoms with Gasteiger partial charge in [0, 0.05) is 49.1 Å². The summed E-state index contributed by atoms with van der Waals surface area (Å²) in [4.78, 5) is 28.4. The Morgan fingerprint density at radius 2 is 2.09 bits per heavy atom. The van der Waals surface area contributed by atoms with Gasteiger partial charge >= 0.3 is 0 Å². The van der Waals surface area contributed by atoms with E-state index >= 15 is 0 Å². The van der Waals surface area contributed by atoms with Crippen molar-refractivity contribution in [2.75, 3.05) is 23.8 Å². The number of halogens is 1. The van der Waals surface area contributed by atoms with Crippen LogP contribution in [0.2, 0.25) is 0 Å². The van der Waals surface area contributed by atoms with Gasteiger partial charge < -0.3 is 20.1 Å². The SMILES string of the molecule is CN(CC(=O)Nc1cccc(F)c1)c1nc(-c2cc(O[C@H]3C[C@@H](O)C3)ccn2)nc2c1CCC2. The molecule has 0 saturated heterocycles. The lowest BCUT2D eigenvalue weighted by molar-refractivity contribution is -0.114. The van der Waals surface area contributed by atoms with E-state index < -0.39 is 5.82 Å². The highest BCUT2D eigenvalue weighted by molar-refractivity contribution is 5.94.